The Bertz CT molecular complexity index is 987. The fraction of sp³-hybridized carbons (Fsp3) is 0.250. The average Bonchev–Trinajstić information content (AvgIpc) is 2.86. The van der Waals surface area contributed by atoms with Gasteiger partial charge in [-0.15, -0.1) is 0 Å². The second-order valence-corrected chi connectivity index (χ2v) is 7.62. The molecule has 0 unspecified atom stereocenters. The summed E-state index contributed by atoms with van der Waals surface area (Å²) >= 11 is 12.4. The predicted octanol–water partition coefficient (Wildman–Crippen LogP) is 4.46. The van der Waals surface area contributed by atoms with Gasteiger partial charge in [0.05, 0.1) is 39.9 Å². The zero-order valence-corrected chi connectivity index (χ0v) is 16.7. The highest BCUT2D eigenvalue weighted by molar-refractivity contribution is 6.44. The summed E-state index contributed by atoms with van der Waals surface area (Å²) in [4.78, 5) is 37.8. The molecule has 0 saturated heterocycles. The number of aliphatic carboxylic acids is 1. The first-order valence-corrected chi connectivity index (χ1v) is 9.30. The van der Waals surface area contributed by atoms with E-state index < -0.39 is 17.8 Å². The fourth-order valence-corrected chi connectivity index (χ4v) is 3.43. The van der Waals surface area contributed by atoms with E-state index in [0.717, 1.165) is 4.90 Å². The van der Waals surface area contributed by atoms with Crippen LogP contribution in [-0.4, -0.2) is 29.5 Å². The normalized spacial score (nSPS) is 13.2. The summed E-state index contributed by atoms with van der Waals surface area (Å²) in [6, 6.07) is 7.46. The summed E-state index contributed by atoms with van der Waals surface area (Å²) in [7, 11) is 0. The summed E-state index contributed by atoms with van der Waals surface area (Å²) in [5, 5.41) is 9.14. The highest BCUT2D eigenvalue weighted by Crippen LogP contribution is 2.40. The van der Waals surface area contributed by atoms with Crippen molar-refractivity contribution in [3.8, 4) is 5.75 Å². The Balaban J connectivity index is 2.02. The van der Waals surface area contributed by atoms with Crippen molar-refractivity contribution in [3.05, 3.63) is 57.1 Å². The molecule has 0 spiro atoms. The molecule has 0 saturated carbocycles. The number of carbonyl (C=O) groups excluding carboxylic acids is 2. The van der Waals surface area contributed by atoms with Crippen LogP contribution in [0.4, 0.5) is 5.69 Å². The SMILES string of the molecule is CC(C)COc1ccc(Cl)c2c1C(=O)N(c1ccc(CC(=O)O)cc1Cl)C2=O. The number of anilines is 1. The van der Waals surface area contributed by atoms with E-state index >= 15 is 0 Å². The van der Waals surface area contributed by atoms with Crippen molar-refractivity contribution in [3.63, 3.8) is 0 Å². The number of rotatable bonds is 6. The van der Waals surface area contributed by atoms with E-state index in [1.54, 1.807) is 6.07 Å². The minimum Gasteiger partial charge on any atom is -0.492 e. The zero-order chi connectivity index (χ0) is 20.6. The first kappa shape index (κ1) is 20.2. The largest absolute Gasteiger partial charge is 0.492 e. The fourth-order valence-electron chi connectivity index (χ4n) is 2.91. The van der Waals surface area contributed by atoms with Gasteiger partial charge in [-0.2, -0.15) is 0 Å². The van der Waals surface area contributed by atoms with Crippen molar-refractivity contribution in [2.75, 3.05) is 11.5 Å². The van der Waals surface area contributed by atoms with Crippen molar-refractivity contribution < 1.29 is 24.2 Å². The summed E-state index contributed by atoms with van der Waals surface area (Å²) in [5.41, 5.74) is 0.784. The van der Waals surface area contributed by atoms with Crippen LogP contribution in [0.1, 0.15) is 40.1 Å². The number of carboxylic acids is 1. The maximum absolute atomic E-state index is 13.1. The first-order chi connectivity index (χ1) is 13.2. The number of amides is 2. The molecule has 1 aliphatic rings. The molecule has 1 N–H and O–H groups in total. The number of carbonyl (C=O) groups is 3. The lowest BCUT2D eigenvalue weighted by molar-refractivity contribution is -0.136. The van der Waals surface area contributed by atoms with Crippen LogP contribution in [-0.2, 0) is 11.2 Å². The van der Waals surface area contributed by atoms with Gasteiger partial charge in [0.15, 0.2) is 0 Å². The monoisotopic (exact) mass is 421 g/mol. The van der Waals surface area contributed by atoms with Crippen LogP contribution in [0, 0.1) is 5.92 Å². The molecule has 2 amide bonds. The molecule has 8 heteroatoms. The maximum Gasteiger partial charge on any atom is 0.307 e. The third-order valence-electron chi connectivity index (χ3n) is 4.13. The van der Waals surface area contributed by atoms with Crippen LogP contribution in [0.3, 0.4) is 0 Å². The van der Waals surface area contributed by atoms with Gasteiger partial charge in [0, 0.05) is 0 Å². The van der Waals surface area contributed by atoms with Crippen molar-refractivity contribution in [1.82, 2.24) is 0 Å². The molecule has 1 heterocycles. The summed E-state index contributed by atoms with van der Waals surface area (Å²) in [5.74, 6) is -1.69. The molecule has 2 aromatic carbocycles. The van der Waals surface area contributed by atoms with Crippen molar-refractivity contribution in [1.29, 1.82) is 0 Å². The van der Waals surface area contributed by atoms with E-state index in [4.69, 9.17) is 33.0 Å². The van der Waals surface area contributed by atoms with Gasteiger partial charge in [0.25, 0.3) is 11.8 Å². The van der Waals surface area contributed by atoms with Gasteiger partial charge >= 0.3 is 5.97 Å². The molecule has 0 aromatic heterocycles. The number of ether oxygens (including phenoxy) is 1. The molecular weight excluding hydrogens is 405 g/mol. The first-order valence-electron chi connectivity index (χ1n) is 8.55. The third kappa shape index (κ3) is 3.70. The molecule has 2 aromatic rings. The molecular formula is C20H17Cl2NO5. The van der Waals surface area contributed by atoms with Gasteiger partial charge in [-0.1, -0.05) is 43.1 Å². The molecule has 146 valence electrons. The Labute approximate surface area is 171 Å². The average molecular weight is 422 g/mol. The van der Waals surface area contributed by atoms with E-state index in [9.17, 15) is 14.4 Å². The Morgan fingerprint density at radius 2 is 1.75 bits per heavy atom. The number of hydrogen-bond acceptors (Lipinski definition) is 4. The summed E-state index contributed by atoms with van der Waals surface area (Å²) in [6.07, 6.45) is -0.221. The molecule has 6 nitrogen and oxygen atoms in total. The van der Waals surface area contributed by atoms with E-state index in [2.05, 4.69) is 0 Å². The lowest BCUT2D eigenvalue weighted by Crippen LogP contribution is -2.29. The topological polar surface area (TPSA) is 83.9 Å². The van der Waals surface area contributed by atoms with E-state index in [1.807, 2.05) is 13.8 Å². The number of hydrogen-bond donors (Lipinski definition) is 1. The number of fused-ring (bicyclic) bond motifs is 1. The lowest BCUT2D eigenvalue weighted by Gasteiger charge is -2.16. The van der Waals surface area contributed by atoms with Crippen LogP contribution in [0.2, 0.25) is 10.0 Å². The van der Waals surface area contributed by atoms with Crippen LogP contribution >= 0.6 is 23.2 Å². The number of imide groups is 1. The van der Waals surface area contributed by atoms with Crippen LogP contribution in [0.25, 0.3) is 0 Å². The number of nitrogens with zero attached hydrogens (tertiary/aromatic N) is 1. The highest BCUT2D eigenvalue weighted by Gasteiger charge is 2.41. The molecule has 0 atom stereocenters. The molecule has 0 bridgehead atoms. The second-order valence-electron chi connectivity index (χ2n) is 6.80. The summed E-state index contributed by atoms with van der Waals surface area (Å²) < 4.78 is 5.70. The quantitative estimate of drug-likeness (QED) is 0.696. The Hall–Kier alpha value is -2.57. The highest BCUT2D eigenvalue weighted by atomic mass is 35.5. The van der Waals surface area contributed by atoms with Gasteiger partial charge in [-0.3, -0.25) is 14.4 Å². The van der Waals surface area contributed by atoms with Crippen LogP contribution < -0.4 is 9.64 Å². The number of benzene rings is 2. The number of carboxylic acid groups (broad SMARTS) is 1. The Morgan fingerprint density at radius 3 is 2.36 bits per heavy atom. The van der Waals surface area contributed by atoms with Crippen molar-refractivity contribution in [2.45, 2.75) is 20.3 Å². The Morgan fingerprint density at radius 1 is 1.07 bits per heavy atom. The van der Waals surface area contributed by atoms with Gasteiger partial charge < -0.3 is 9.84 Å². The maximum atomic E-state index is 13.1. The Kier molecular flexibility index (Phi) is 5.63. The molecule has 0 fully saturated rings. The van der Waals surface area contributed by atoms with Crippen LogP contribution in [0.15, 0.2) is 30.3 Å². The second kappa shape index (κ2) is 7.81. The predicted molar refractivity (Wildman–Crippen MR) is 106 cm³/mol. The third-order valence-corrected chi connectivity index (χ3v) is 4.75. The molecule has 3 rings (SSSR count). The smallest absolute Gasteiger partial charge is 0.307 e. The lowest BCUT2D eigenvalue weighted by atomic mass is 10.1. The van der Waals surface area contributed by atoms with Crippen molar-refractivity contribution >= 4 is 46.7 Å². The van der Waals surface area contributed by atoms with Gasteiger partial charge in [-0.05, 0) is 35.7 Å². The molecule has 0 radical (unpaired) electrons. The molecule has 1 aliphatic heterocycles. The van der Waals surface area contributed by atoms with E-state index in [-0.39, 0.29) is 44.9 Å². The van der Waals surface area contributed by atoms with Crippen molar-refractivity contribution in [2.24, 2.45) is 5.92 Å². The van der Waals surface area contributed by atoms with Gasteiger partial charge in [-0.25, -0.2) is 4.90 Å². The number of halogens is 2. The zero-order valence-electron chi connectivity index (χ0n) is 15.2. The van der Waals surface area contributed by atoms with Gasteiger partial charge in [0.1, 0.15) is 5.75 Å². The standard InChI is InChI=1S/C20H17Cl2NO5/c1-10(2)9-28-15-6-4-12(21)17-18(15)20(27)23(19(17)26)14-5-3-11(7-13(14)22)8-16(24)25/h3-7,10H,8-9H2,1-2H3,(H,24,25). The summed E-state index contributed by atoms with van der Waals surface area (Å²) in [6.45, 7) is 4.31. The minimum absolute atomic E-state index is 0.0681. The van der Waals surface area contributed by atoms with E-state index in [0.29, 0.717) is 12.2 Å². The molecule has 0 aliphatic carbocycles. The van der Waals surface area contributed by atoms with Crippen LogP contribution in [0.5, 0.6) is 5.75 Å². The minimum atomic E-state index is -1.01. The van der Waals surface area contributed by atoms with Gasteiger partial charge in [0.2, 0.25) is 0 Å². The van der Waals surface area contributed by atoms with E-state index in [1.165, 1.54) is 24.3 Å². The molecule has 28 heavy (non-hydrogen) atoms.